The lowest BCUT2D eigenvalue weighted by atomic mass is 9.94. The number of nitrogens with zero attached hydrogens (tertiary/aromatic N) is 3. The lowest BCUT2D eigenvalue weighted by Gasteiger charge is -2.31. The Morgan fingerprint density at radius 1 is 1.31 bits per heavy atom. The number of rotatable bonds is 3. The van der Waals surface area contributed by atoms with Gasteiger partial charge in [0.2, 0.25) is 5.95 Å². The average molecular weight is 332 g/mol. The van der Waals surface area contributed by atoms with E-state index in [2.05, 4.69) is 37.5 Å². The van der Waals surface area contributed by atoms with Crippen molar-refractivity contribution in [2.75, 3.05) is 24.5 Å². The highest BCUT2D eigenvalue weighted by atomic mass is 127. The maximum Gasteiger partial charge on any atom is 0.225 e. The summed E-state index contributed by atoms with van der Waals surface area (Å²) in [5.41, 5.74) is 5.58. The molecule has 0 saturated carbocycles. The Morgan fingerprint density at radius 3 is 2.50 bits per heavy atom. The van der Waals surface area contributed by atoms with Crippen LogP contribution in [-0.2, 0) is 0 Å². The number of hydrogen-bond donors (Lipinski definition) is 1. The quantitative estimate of drug-likeness (QED) is 0.855. The van der Waals surface area contributed by atoms with Crippen LogP contribution in [0.4, 0.5) is 5.95 Å². The molecule has 0 amide bonds. The number of aromatic nitrogens is 2. The standard InChI is InChI=1S/C11H17IN4/c12-10-7-14-11(15-8-10)16-5-2-9(1-4-13)3-6-16/h7-9H,1-6,13H2. The van der Waals surface area contributed by atoms with E-state index in [0.717, 1.165) is 41.5 Å². The predicted molar refractivity (Wildman–Crippen MR) is 73.4 cm³/mol. The van der Waals surface area contributed by atoms with Gasteiger partial charge < -0.3 is 10.6 Å². The van der Waals surface area contributed by atoms with Crippen molar-refractivity contribution < 1.29 is 0 Å². The molecule has 4 nitrogen and oxygen atoms in total. The van der Waals surface area contributed by atoms with Gasteiger partial charge in [0.05, 0.1) is 0 Å². The molecule has 1 aromatic heterocycles. The van der Waals surface area contributed by atoms with Crippen molar-refractivity contribution in [1.82, 2.24) is 9.97 Å². The zero-order chi connectivity index (χ0) is 11.4. The van der Waals surface area contributed by atoms with Gasteiger partial charge in [-0.15, -0.1) is 0 Å². The van der Waals surface area contributed by atoms with E-state index in [-0.39, 0.29) is 0 Å². The van der Waals surface area contributed by atoms with Crippen LogP contribution in [0.2, 0.25) is 0 Å². The second kappa shape index (κ2) is 5.77. The van der Waals surface area contributed by atoms with Crippen molar-refractivity contribution >= 4 is 28.5 Å². The van der Waals surface area contributed by atoms with Crippen LogP contribution in [0.15, 0.2) is 12.4 Å². The second-order valence-electron chi connectivity index (χ2n) is 4.21. The van der Waals surface area contributed by atoms with E-state index >= 15 is 0 Å². The predicted octanol–water partition coefficient (Wildman–Crippen LogP) is 1.65. The van der Waals surface area contributed by atoms with Crippen LogP contribution in [0.1, 0.15) is 19.3 Å². The van der Waals surface area contributed by atoms with Crippen LogP contribution in [0.5, 0.6) is 0 Å². The summed E-state index contributed by atoms with van der Waals surface area (Å²) < 4.78 is 1.08. The number of halogens is 1. The van der Waals surface area contributed by atoms with Gasteiger partial charge in [-0.25, -0.2) is 9.97 Å². The van der Waals surface area contributed by atoms with E-state index in [0.29, 0.717) is 0 Å². The highest BCUT2D eigenvalue weighted by Crippen LogP contribution is 2.22. The molecule has 88 valence electrons. The van der Waals surface area contributed by atoms with E-state index < -0.39 is 0 Å². The SMILES string of the molecule is NCCC1CCN(c2ncc(I)cn2)CC1. The summed E-state index contributed by atoms with van der Waals surface area (Å²) in [7, 11) is 0. The molecule has 1 aliphatic heterocycles. The average Bonchev–Trinajstić information content (AvgIpc) is 2.32. The Balaban J connectivity index is 1.91. The van der Waals surface area contributed by atoms with Gasteiger partial charge in [0, 0.05) is 29.1 Å². The summed E-state index contributed by atoms with van der Waals surface area (Å²) in [6, 6.07) is 0. The van der Waals surface area contributed by atoms with E-state index in [1.807, 2.05) is 12.4 Å². The first kappa shape index (κ1) is 12.0. The molecule has 0 aromatic carbocycles. The van der Waals surface area contributed by atoms with Gasteiger partial charge in [0.15, 0.2) is 0 Å². The Labute approximate surface area is 110 Å². The molecule has 0 atom stereocenters. The van der Waals surface area contributed by atoms with Crippen LogP contribution >= 0.6 is 22.6 Å². The molecule has 2 N–H and O–H groups in total. The highest BCUT2D eigenvalue weighted by molar-refractivity contribution is 14.1. The summed E-state index contributed by atoms with van der Waals surface area (Å²) >= 11 is 2.22. The number of anilines is 1. The molecule has 2 rings (SSSR count). The molecule has 1 saturated heterocycles. The maximum atomic E-state index is 5.58. The monoisotopic (exact) mass is 332 g/mol. The minimum absolute atomic E-state index is 0.796. The molecule has 16 heavy (non-hydrogen) atoms. The van der Waals surface area contributed by atoms with E-state index in [9.17, 15) is 0 Å². The molecular formula is C11H17IN4. The van der Waals surface area contributed by atoms with Gasteiger partial charge >= 0.3 is 0 Å². The van der Waals surface area contributed by atoms with Gasteiger partial charge in [-0.1, -0.05) is 0 Å². The van der Waals surface area contributed by atoms with Gasteiger partial charge in [0.25, 0.3) is 0 Å². The minimum Gasteiger partial charge on any atom is -0.341 e. The van der Waals surface area contributed by atoms with Crippen molar-refractivity contribution in [2.24, 2.45) is 11.7 Å². The molecule has 1 aliphatic rings. The maximum absolute atomic E-state index is 5.58. The summed E-state index contributed by atoms with van der Waals surface area (Å²) in [6.45, 7) is 2.93. The molecule has 0 aliphatic carbocycles. The third kappa shape index (κ3) is 3.04. The number of nitrogens with two attached hydrogens (primary N) is 1. The molecule has 0 bridgehead atoms. The highest BCUT2D eigenvalue weighted by Gasteiger charge is 2.19. The Hall–Kier alpha value is -0.430. The third-order valence-corrected chi connectivity index (χ3v) is 3.64. The Bertz CT molecular complexity index is 319. The van der Waals surface area contributed by atoms with E-state index in [1.54, 1.807) is 0 Å². The summed E-state index contributed by atoms with van der Waals surface area (Å²) in [4.78, 5) is 11.0. The smallest absolute Gasteiger partial charge is 0.225 e. The van der Waals surface area contributed by atoms with Crippen LogP contribution < -0.4 is 10.6 Å². The van der Waals surface area contributed by atoms with Crippen LogP contribution in [-0.4, -0.2) is 29.6 Å². The fourth-order valence-corrected chi connectivity index (χ4v) is 2.40. The summed E-state index contributed by atoms with van der Waals surface area (Å²) in [5.74, 6) is 1.66. The van der Waals surface area contributed by atoms with E-state index in [1.165, 1.54) is 12.8 Å². The van der Waals surface area contributed by atoms with Crippen LogP contribution in [0.3, 0.4) is 0 Å². The van der Waals surface area contributed by atoms with Gasteiger partial charge in [-0.2, -0.15) is 0 Å². The first-order valence-electron chi connectivity index (χ1n) is 5.72. The molecule has 0 spiro atoms. The molecule has 0 unspecified atom stereocenters. The molecular weight excluding hydrogens is 315 g/mol. The molecule has 2 heterocycles. The molecule has 0 radical (unpaired) electrons. The van der Waals surface area contributed by atoms with Crippen molar-refractivity contribution in [1.29, 1.82) is 0 Å². The van der Waals surface area contributed by atoms with Crippen LogP contribution in [0.25, 0.3) is 0 Å². The van der Waals surface area contributed by atoms with Gasteiger partial charge in [0.1, 0.15) is 0 Å². The van der Waals surface area contributed by atoms with Crippen molar-refractivity contribution in [3.63, 3.8) is 0 Å². The third-order valence-electron chi connectivity index (χ3n) is 3.08. The zero-order valence-electron chi connectivity index (χ0n) is 9.27. The normalized spacial score (nSPS) is 17.8. The first-order chi connectivity index (χ1) is 7.79. The molecule has 5 heteroatoms. The van der Waals surface area contributed by atoms with Crippen molar-refractivity contribution in [3.05, 3.63) is 16.0 Å². The number of hydrogen-bond acceptors (Lipinski definition) is 4. The largest absolute Gasteiger partial charge is 0.341 e. The lowest BCUT2D eigenvalue weighted by molar-refractivity contribution is 0.383. The van der Waals surface area contributed by atoms with Crippen molar-refractivity contribution in [3.8, 4) is 0 Å². The Kier molecular flexibility index (Phi) is 4.34. The zero-order valence-corrected chi connectivity index (χ0v) is 11.4. The molecule has 1 aromatic rings. The topological polar surface area (TPSA) is 55.0 Å². The molecule has 1 fully saturated rings. The number of piperidine rings is 1. The van der Waals surface area contributed by atoms with E-state index in [4.69, 9.17) is 5.73 Å². The summed E-state index contributed by atoms with van der Waals surface area (Å²) in [6.07, 6.45) is 7.32. The Morgan fingerprint density at radius 2 is 1.94 bits per heavy atom. The fraction of sp³-hybridized carbons (Fsp3) is 0.636. The van der Waals surface area contributed by atoms with Crippen molar-refractivity contribution in [2.45, 2.75) is 19.3 Å². The minimum atomic E-state index is 0.796. The second-order valence-corrected chi connectivity index (χ2v) is 5.45. The van der Waals surface area contributed by atoms with Gasteiger partial charge in [-0.3, -0.25) is 0 Å². The first-order valence-corrected chi connectivity index (χ1v) is 6.80. The van der Waals surface area contributed by atoms with Crippen LogP contribution in [0, 0.1) is 9.49 Å². The van der Waals surface area contributed by atoms with Gasteiger partial charge in [-0.05, 0) is 54.3 Å². The fourth-order valence-electron chi connectivity index (χ4n) is 2.13. The summed E-state index contributed by atoms with van der Waals surface area (Å²) in [5, 5.41) is 0. The lowest BCUT2D eigenvalue weighted by Crippen LogP contribution is -2.35.